The maximum absolute atomic E-state index is 13.1. The van der Waals surface area contributed by atoms with Crippen molar-refractivity contribution in [3.8, 4) is 0 Å². The molecule has 5 heteroatoms. The third-order valence-electron chi connectivity index (χ3n) is 6.84. The van der Waals surface area contributed by atoms with Gasteiger partial charge in [-0.15, -0.1) is 0 Å². The van der Waals surface area contributed by atoms with Crippen LogP contribution in [0.1, 0.15) is 43.4 Å². The van der Waals surface area contributed by atoms with Gasteiger partial charge in [0, 0.05) is 24.7 Å². The van der Waals surface area contributed by atoms with Crippen molar-refractivity contribution in [2.45, 2.75) is 37.1 Å². The topological polar surface area (TPSA) is 49.4 Å². The van der Waals surface area contributed by atoms with Gasteiger partial charge >= 0.3 is 0 Å². The molecule has 0 fully saturated rings. The highest BCUT2D eigenvalue weighted by Crippen LogP contribution is 2.51. The third-order valence-corrected chi connectivity index (χ3v) is 8.88. The first-order chi connectivity index (χ1) is 15.0. The van der Waals surface area contributed by atoms with Crippen molar-refractivity contribution in [1.29, 1.82) is 0 Å². The highest BCUT2D eigenvalue weighted by atomic mass is 32.2. The predicted octanol–water partition coefficient (Wildman–Crippen LogP) is 5.70. The van der Waals surface area contributed by atoms with E-state index >= 15 is 0 Å². The molecule has 0 spiro atoms. The second-order valence-corrected chi connectivity index (χ2v) is 10.3. The van der Waals surface area contributed by atoms with Crippen LogP contribution in [-0.4, -0.2) is 25.8 Å². The number of sulfonamides is 1. The predicted molar refractivity (Wildman–Crippen MR) is 127 cm³/mol. The summed E-state index contributed by atoms with van der Waals surface area (Å²) in [5.41, 5.74) is 3.43. The van der Waals surface area contributed by atoms with E-state index in [1.54, 1.807) is 6.07 Å². The molecule has 0 bridgehead atoms. The Hall–Kier alpha value is -2.63. The molecule has 4 nitrogen and oxygen atoms in total. The van der Waals surface area contributed by atoms with Gasteiger partial charge in [-0.3, -0.25) is 0 Å². The Bertz CT molecular complexity index is 1260. The molecule has 5 rings (SSSR count). The van der Waals surface area contributed by atoms with Crippen LogP contribution in [0.25, 0.3) is 10.8 Å². The van der Waals surface area contributed by atoms with Crippen molar-refractivity contribution in [3.63, 3.8) is 0 Å². The maximum atomic E-state index is 13.1. The fraction of sp³-hybridized carbons (Fsp3) is 0.308. The van der Waals surface area contributed by atoms with Gasteiger partial charge < -0.3 is 5.32 Å². The summed E-state index contributed by atoms with van der Waals surface area (Å²) in [6.07, 6.45) is 5.49. The van der Waals surface area contributed by atoms with E-state index in [1.807, 2.05) is 26.0 Å². The lowest BCUT2D eigenvalue weighted by Crippen LogP contribution is -2.32. The van der Waals surface area contributed by atoms with Crippen LogP contribution in [0.5, 0.6) is 0 Å². The van der Waals surface area contributed by atoms with E-state index in [-0.39, 0.29) is 12.0 Å². The lowest BCUT2D eigenvalue weighted by atomic mass is 9.76. The molecular formula is C26H28N2O2S. The van der Waals surface area contributed by atoms with Crippen LogP contribution < -0.4 is 5.32 Å². The molecule has 3 aromatic carbocycles. The Morgan fingerprint density at radius 3 is 2.55 bits per heavy atom. The van der Waals surface area contributed by atoms with Gasteiger partial charge in [0.2, 0.25) is 10.0 Å². The van der Waals surface area contributed by atoms with Crippen LogP contribution in [0.3, 0.4) is 0 Å². The highest BCUT2D eigenvalue weighted by molar-refractivity contribution is 7.89. The summed E-state index contributed by atoms with van der Waals surface area (Å²) in [5.74, 6) is 0.580. The fourth-order valence-corrected chi connectivity index (χ4v) is 6.77. The number of nitrogens with one attached hydrogen (secondary N) is 1. The molecule has 0 radical (unpaired) electrons. The van der Waals surface area contributed by atoms with Gasteiger partial charge in [-0.2, -0.15) is 4.31 Å². The van der Waals surface area contributed by atoms with E-state index in [1.165, 1.54) is 20.6 Å². The van der Waals surface area contributed by atoms with Crippen LogP contribution in [0.2, 0.25) is 0 Å². The molecule has 1 aliphatic heterocycles. The Balaban J connectivity index is 1.59. The lowest BCUT2D eigenvalue weighted by molar-refractivity contribution is 0.426. The first-order valence-corrected chi connectivity index (χ1v) is 12.5. The minimum absolute atomic E-state index is 0.184. The summed E-state index contributed by atoms with van der Waals surface area (Å²) in [4.78, 5) is 0.388. The van der Waals surface area contributed by atoms with Crippen molar-refractivity contribution in [2.24, 2.45) is 5.92 Å². The molecule has 1 heterocycles. The molecule has 0 aromatic heterocycles. The lowest BCUT2D eigenvalue weighted by Gasteiger charge is -2.38. The first kappa shape index (κ1) is 20.3. The Morgan fingerprint density at radius 1 is 0.968 bits per heavy atom. The van der Waals surface area contributed by atoms with Gasteiger partial charge in [0.15, 0.2) is 0 Å². The number of hydrogen-bond acceptors (Lipinski definition) is 3. The van der Waals surface area contributed by atoms with Crippen LogP contribution >= 0.6 is 0 Å². The molecule has 3 unspecified atom stereocenters. The second kappa shape index (κ2) is 7.81. The van der Waals surface area contributed by atoms with Crippen LogP contribution in [0.15, 0.2) is 77.7 Å². The standard InChI is InChI=1S/C26H28N2O2S/c1-3-28(4-2)31(29,30)19-15-16-25-24(17-19)21-12-8-14-23(21)26(27-25)22-13-7-10-18-9-5-6-11-20(18)22/h5-13,15-17,21,23,26-27H,3-4,14H2,1-2H3. The zero-order valence-corrected chi connectivity index (χ0v) is 18.8. The van der Waals surface area contributed by atoms with E-state index in [0.717, 1.165) is 17.7 Å². The van der Waals surface area contributed by atoms with E-state index in [9.17, 15) is 8.42 Å². The van der Waals surface area contributed by atoms with E-state index in [0.29, 0.717) is 23.9 Å². The molecule has 0 amide bonds. The van der Waals surface area contributed by atoms with Crippen LogP contribution in [0.4, 0.5) is 5.69 Å². The Morgan fingerprint density at radius 2 is 1.74 bits per heavy atom. The van der Waals surface area contributed by atoms with E-state index in [2.05, 4.69) is 59.9 Å². The van der Waals surface area contributed by atoms with Gasteiger partial charge in [-0.05, 0) is 52.4 Å². The molecule has 2 aliphatic rings. The molecule has 1 N–H and O–H groups in total. The summed E-state index contributed by atoms with van der Waals surface area (Å²) >= 11 is 0. The minimum atomic E-state index is -3.48. The number of allylic oxidation sites excluding steroid dienone is 2. The van der Waals surface area contributed by atoms with E-state index in [4.69, 9.17) is 0 Å². The van der Waals surface area contributed by atoms with Crippen LogP contribution in [-0.2, 0) is 10.0 Å². The average molecular weight is 433 g/mol. The number of nitrogens with zero attached hydrogens (tertiary/aromatic N) is 1. The number of anilines is 1. The molecular weight excluding hydrogens is 404 g/mol. The van der Waals surface area contributed by atoms with Gasteiger partial charge in [0.25, 0.3) is 0 Å². The maximum Gasteiger partial charge on any atom is 0.243 e. The third kappa shape index (κ3) is 3.27. The normalized spacial score (nSPS) is 22.4. The monoisotopic (exact) mass is 432 g/mol. The molecule has 0 saturated carbocycles. The second-order valence-electron chi connectivity index (χ2n) is 8.38. The SMILES string of the molecule is CCN(CC)S(=O)(=O)c1ccc2c(c1)C1C=CCC1C(c1cccc3ccccc13)N2. The summed E-state index contributed by atoms with van der Waals surface area (Å²) < 4.78 is 27.7. The Kier molecular flexibility index (Phi) is 5.11. The van der Waals surface area contributed by atoms with Crippen molar-refractivity contribution in [1.82, 2.24) is 4.31 Å². The smallest absolute Gasteiger partial charge is 0.243 e. The summed E-state index contributed by atoms with van der Waals surface area (Å²) in [6.45, 7) is 4.71. The molecule has 1 aliphatic carbocycles. The van der Waals surface area contributed by atoms with Gasteiger partial charge in [-0.1, -0.05) is 68.5 Å². The quantitative estimate of drug-likeness (QED) is 0.527. The van der Waals surface area contributed by atoms with Crippen molar-refractivity contribution in [2.75, 3.05) is 18.4 Å². The molecule has 160 valence electrons. The minimum Gasteiger partial charge on any atom is -0.378 e. The Labute approximate surface area is 184 Å². The molecule has 3 aromatic rings. The van der Waals surface area contributed by atoms with E-state index < -0.39 is 10.0 Å². The molecule has 3 atom stereocenters. The number of hydrogen-bond donors (Lipinski definition) is 1. The van der Waals surface area contributed by atoms with Gasteiger partial charge in [0.1, 0.15) is 0 Å². The fourth-order valence-electron chi connectivity index (χ4n) is 5.28. The van der Waals surface area contributed by atoms with Crippen molar-refractivity contribution < 1.29 is 8.42 Å². The highest BCUT2D eigenvalue weighted by Gasteiger charge is 2.39. The number of fused-ring (bicyclic) bond motifs is 4. The average Bonchev–Trinajstić information content (AvgIpc) is 3.29. The van der Waals surface area contributed by atoms with Crippen molar-refractivity contribution in [3.05, 3.63) is 83.9 Å². The van der Waals surface area contributed by atoms with Crippen molar-refractivity contribution >= 4 is 26.5 Å². The molecule has 31 heavy (non-hydrogen) atoms. The largest absolute Gasteiger partial charge is 0.378 e. The molecule has 0 saturated heterocycles. The summed E-state index contributed by atoms with van der Waals surface area (Å²) in [7, 11) is -3.48. The zero-order chi connectivity index (χ0) is 21.6. The summed E-state index contributed by atoms with van der Waals surface area (Å²) in [5, 5.41) is 6.29. The number of benzene rings is 3. The summed E-state index contributed by atoms with van der Waals surface area (Å²) in [6, 6.07) is 20.8. The van der Waals surface area contributed by atoms with Crippen LogP contribution in [0, 0.1) is 5.92 Å². The van der Waals surface area contributed by atoms with Gasteiger partial charge in [0.05, 0.1) is 10.9 Å². The first-order valence-electron chi connectivity index (χ1n) is 11.1. The number of rotatable bonds is 5. The van der Waals surface area contributed by atoms with Gasteiger partial charge in [-0.25, -0.2) is 8.42 Å². The zero-order valence-electron chi connectivity index (χ0n) is 18.0.